The summed E-state index contributed by atoms with van der Waals surface area (Å²) in [7, 11) is 0. The fourth-order valence-electron chi connectivity index (χ4n) is 3.31. The predicted molar refractivity (Wildman–Crippen MR) is 106 cm³/mol. The summed E-state index contributed by atoms with van der Waals surface area (Å²) < 4.78 is 24.6. The van der Waals surface area contributed by atoms with Crippen LogP contribution in [0.5, 0.6) is 11.5 Å². The van der Waals surface area contributed by atoms with Crippen LogP contribution in [-0.4, -0.2) is 38.8 Å². The summed E-state index contributed by atoms with van der Waals surface area (Å²) in [6.45, 7) is 4.68. The Morgan fingerprint density at radius 2 is 2.13 bits per heavy atom. The van der Waals surface area contributed by atoms with Crippen LogP contribution in [0.3, 0.4) is 0 Å². The number of amides is 1. The smallest absolute Gasteiger partial charge is 0.243 e. The number of benzene rings is 2. The van der Waals surface area contributed by atoms with E-state index in [2.05, 4.69) is 20.7 Å². The lowest BCUT2D eigenvalue weighted by Gasteiger charge is -2.13. The highest BCUT2D eigenvalue weighted by atomic mass is 19.1. The monoisotopic (exact) mass is 411 g/mol. The average Bonchev–Trinajstić information content (AvgIpc) is 3.32. The molecule has 3 aromatic rings. The normalized spacial score (nSPS) is 14.8. The maximum atomic E-state index is 13.0. The van der Waals surface area contributed by atoms with Crippen molar-refractivity contribution in [3.63, 3.8) is 0 Å². The van der Waals surface area contributed by atoms with Crippen LogP contribution in [0.15, 0.2) is 36.4 Å². The SMILES string of the molecule is CCOc1cc2c(cc1CNC(=O)Cn1nnc(-c3ccc(F)cc3)n1)O[C@H](C)C2. The zero-order chi connectivity index (χ0) is 21.1. The molecule has 1 aliphatic rings. The van der Waals surface area contributed by atoms with Crippen molar-refractivity contribution in [2.45, 2.75) is 39.5 Å². The third kappa shape index (κ3) is 4.40. The van der Waals surface area contributed by atoms with Gasteiger partial charge in [0.15, 0.2) is 0 Å². The Balaban J connectivity index is 1.39. The Kier molecular flexibility index (Phi) is 5.60. The predicted octanol–water partition coefficient (Wildman–Crippen LogP) is 2.52. The molecule has 0 saturated heterocycles. The third-order valence-corrected chi connectivity index (χ3v) is 4.70. The second-order valence-corrected chi connectivity index (χ2v) is 7.06. The molecule has 0 spiro atoms. The highest BCUT2D eigenvalue weighted by Gasteiger charge is 2.22. The van der Waals surface area contributed by atoms with Gasteiger partial charge in [0.1, 0.15) is 30.0 Å². The number of fused-ring (bicyclic) bond motifs is 1. The van der Waals surface area contributed by atoms with E-state index in [0.717, 1.165) is 29.0 Å². The van der Waals surface area contributed by atoms with Gasteiger partial charge in [0.2, 0.25) is 11.7 Å². The van der Waals surface area contributed by atoms with Gasteiger partial charge in [0.05, 0.1) is 6.61 Å². The number of tetrazole rings is 1. The Labute approximate surface area is 173 Å². The summed E-state index contributed by atoms with van der Waals surface area (Å²) >= 11 is 0. The molecule has 0 unspecified atom stereocenters. The van der Waals surface area contributed by atoms with E-state index in [-0.39, 0.29) is 24.4 Å². The van der Waals surface area contributed by atoms with Crippen LogP contribution in [0.25, 0.3) is 11.4 Å². The maximum absolute atomic E-state index is 13.0. The van der Waals surface area contributed by atoms with Crippen molar-refractivity contribution in [3.8, 4) is 22.9 Å². The van der Waals surface area contributed by atoms with Gasteiger partial charge in [-0.2, -0.15) is 4.80 Å². The summed E-state index contributed by atoms with van der Waals surface area (Å²) in [4.78, 5) is 13.6. The van der Waals surface area contributed by atoms with E-state index < -0.39 is 0 Å². The highest BCUT2D eigenvalue weighted by Crippen LogP contribution is 2.35. The van der Waals surface area contributed by atoms with E-state index in [0.29, 0.717) is 24.5 Å². The van der Waals surface area contributed by atoms with E-state index in [4.69, 9.17) is 9.47 Å². The number of hydrogen-bond donors (Lipinski definition) is 1. The van der Waals surface area contributed by atoms with Crippen LogP contribution in [-0.2, 0) is 24.3 Å². The molecule has 0 radical (unpaired) electrons. The van der Waals surface area contributed by atoms with E-state index >= 15 is 0 Å². The second-order valence-electron chi connectivity index (χ2n) is 7.06. The first kappa shape index (κ1) is 19.8. The number of nitrogens with zero attached hydrogens (tertiary/aromatic N) is 4. The third-order valence-electron chi connectivity index (χ3n) is 4.70. The van der Waals surface area contributed by atoms with Crippen LogP contribution in [0.2, 0.25) is 0 Å². The lowest BCUT2D eigenvalue weighted by Crippen LogP contribution is -2.28. The van der Waals surface area contributed by atoms with Gasteiger partial charge in [0, 0.05) is 29.7 Å². The summed E-state index contributed by atoms with van der Waals surface area (Å²) in [6, 6.07) is 9.66. The molecule has 0 bridgehead atoms. The first-order chi connectivity index (χ1) is 14.5. The number of ether oxygens (including phenoxy) is 2. The first-order valence-electron chi connectivity index (χ1n) is 9.77. The largest absolute Gasteiger partial charge is 0.494 e. The minimum atomic E-state index is -0.344. The van der Waals surface area contributed by atoms with E-state index in [1.807, 2.05) is 26.0 Å². The fraction of sp³-hybridized carbons (Fsp3) is 0.333. The Morgan fingerprint density at radius 3 is 2.90 bits per heavy atom. The molecule has 2 heterocycles. The number of carbonyl (C=O) groups is 1. The van der Waals surface area contributed by atoms with Crippen LogP contribution >= 0.6 is 0 Å². The van der Waals surface area contributed by atoms with Gasteiger partial charge in [-0.1, -0.05) is 0 Å². The number of aromatic nitrogens is 4. The van der Waals surface area contributed by atoms with Crippen molar-refractivity contribution >= 4 is 5.91 Å². The molecule has 1 aromatic heterocycles. The number of hydrogen-bond acceptors (Lipinski definition) is 6. The van der Waals surface area contributed by atoms with Crippen molar-refractivity contribution in [2.75, 3.05) is 6.61 Å². The quantitative estimate of drug-likeness (QED) is 0.642. The molecule has 1 N–H and O–H groups in total. The van der Waals surface area contributed by atoms with E-state index in [1.165, 1.54) is 16.9 Å². The van der Waals surface area contributed by atoms with Crippen molar-refractivity contribution in [2.24, 2.45) is 0 Å². The molecular weight excluding hydrogens is 389 g/mol. The molecule has 8 nitrogen and oxygen atoms in total. The van der Waals surface area contributed by atoms with Crippen molar-refractivity contribution in [3.05, 3.63) is 53.3 Å². The molecule has 30 heavy (non-hydrogen) atoms. The zero-order valence-corrected chi connectivity index (χ0v) is 16.8. The molecular formula is C21H22FN5O3. The summed E-state index contributed by atoms with van der Waals surface area (Å²) in [5.41, 5.74) is 2.58. The Hall–Kier alpha value is -3.49. The van der Waals surface area contributed by atoms with E-state index in [9.17, 15) is 9.18 Å². The van der Waals surface area contributed by atoms with Crippen molar-refractivity contribution < 1.29 is 18.7 Å². The lowest BCUT2D eigenvalue weighted by atomic mass is 10.1. The Morgan fingerprint density at radius 1 is 1.33 bits per heavy atom. The minimum Gasteiger partial charge on any atom is -0.494 e. The van der Waals surface area contributed by atoms with Gasteiger partial charge in [-0.3, -0.25) is 4.79 Å². The molecule has 0 fully saturated rings. The van der Waals surface area contributed by atoms with Crippen LogP contribution in [0, 0.1) is 5.82 Å². The maximum Gasteiger partial charge on any atom is 0.243 e. The molecule has 9 heteroatoms. The molecule has 1 aliphatic heterocycles. The molecule has 0 saturated carbocycles. The number of nitrogens with one attached hydrogen (secondary N) is 1. The van der Waals surface area contributed by atoms with E-state index in [1.54, 1.807) is 12.1 Å². The van der Waals surface area contributed by atoms with Gasteiger partial charge in [0.25, 0.3) is 0 Å². The average molecular weight is 411 g/mol. The number of carbonyl (C=O) groups excluding carboxylic acids is 1. The number of rotatable bonds is 7. The standard InChI is InChI=1S/C21H22FN5O3/c1-3-29-18-9-15-8-13(2)30-19(15)10-16(18)11-23-20(28)12-27-25-21(24-26-27)14-4-6-17(22)7-5-14/h4-7,9-10,13H,3,8,11-12H2,1-2H3,(H,23,28)/t13-/m1/s1. The summed E-state index contributed by atoms with van der Waals surface area (Å²) in [6.07, 6.45) is 0.976. The molecule has 1 atom stereocenters. The fourth-order valence-corrected chi connectivity index (χ4v) is 3.31. The van der Waals surface area contributed by atoms with Crippen LogP contribution < -0.4 is 14.8 Å². The highest BCUT2D eigenvalue weighted by molar-refractivity contribution is 5.75. The van der Waals surface area contributed by atoms with Crippen molar-refractivity contribution in [1.29, 1.82) is 0 Å². The van der Waals surface area contributed by atoms with Crippen LogP contribution in [0.4, 0.5) is 4.39 Å². The Bertz CT molecular complexity index is 1050. The van der Waals surface area contributed by atoms with Crippen molar-refractivity contribution in [1.82, 2.24) is 25.5 Å². The molecule has 2 aromatic carbocycles. The van der Waals surface area contributed by atoms with Gasteiger partial charge in [-0.05, 0) is 55.5 Å². The molecule has 1 amide bonds. The van der Waals surface area contributed by atoms with Gasteiger partial charge < -0.3 is 14.8 Å². The van der Waals surface area contributed by atoms with Crippen LogP contribution in [0.1, 0.15) is 25.0 Å². The lowest BCUT2D eigenvalue weighted by molar-refractivity contribution is -0.122. The summed E-state index contributed by atoms with van der Waals surface area (Å²) in [5, 5.41) is 14.8. The topological polar surface area (TPSA) is 91.2 Å². The second kappa shape index (κ2) is 8.48. The molecule has 4 rings (SSSR count). The molecule has 0 aliphatic carbocycles. The summed E-state index contributed by atoms with van der Waals surface area (Å²) in [5.74, 6) is 1.29. The zero-order valence-electron chi connectivity index (χ0n) is 16.8. The number of halogens is 1. The molecule has 156 valence electrons. The van der Waals surface area contributed by atoms with Gasteiger partial charge in [-0.25, -0.2) is 4.39 Å². The first-order valence-corrected chi connectivity index (χ1v) is 9.77. The minimum absolute atomic E-state index is 0.0867. The van der Waals surface area contributed by atoms with Gasteiger partial charge >= 0.3 is 0 Å². The van der Waals surface area contributed by atoms with Gasteiger partial charge in [-0.15, -0.1) is 10.2 Å².